The normalized spacial score (nSPS) is 25.4. The maximum Gasteiger partial charge on any atom is 0.225 e. The van der Waals surface area contributed by atoms with E-state index in [0.717, 1.165) is 71.0 Å². The van der Waals surface area contributed by atoms with Gasteiger partial charge in [0.1, 0.15) is 6.29 Å². The summed E-state index contributed by atoms with van der Waals surface area (Å²) >= 11 is 0. The van der Waals surface area contributed by atoms with Crippen molar-refractivity contribution in [3.63, 3.8) is 0 Å². The van der Waals surface area contributed by atoms with Crippen molar-refractivity contribution in [3.05, 3.63) is 5.32 Å². The fourth-order valence-corrected chi connectivity index (χ4v) is 3.87. The van der Waals surface area contributed by atoms with Gasteiger partial charge < -0.3 is 15.0 Å². The van der Waals surface area contributed by atoms with Gasteiger partial charge >= 0.3 is 0 Å². The van der Waals surface area contributed by atoms with Crippen LogP contribution >= 0.6 is 0 Å². The van der Waals surface area contributed by atoms with Gasteiger partial charge in [0.05, 0.1) is 0 Å². The first-order valence-corrected chi connectivity index (χ1v) is 10.6. The molecule has 3 rings (SSSR count). The molecule has 0 unspecified atom stereocenters. The van der Waals surface area contributed by atoms with Crippen molar-refractivity contribution in [1.29, 1.82) is 0 Å². The van der Waals surface area contributed by atoms with E-state index in [-0.39, 0.29) is 44.5 Å². The van der Waals surface area contributed by atoms with Gasteiger partial charge in [0, 0.05) is 63.0 Å². The molecule has 0 bridgehead atoms. The minimum Gasteiger partial charge on any atom is -0.662 e. The van der Waals surface area contributed by atoms with Crippen LogP contribution in [0.4, 0.5) is 0 Å². The minimum atomic E-state index is 0. The maximum atomic E-state index is 12.4. The molecule has 2 saturated heterocycles. The molecule has 3 fully saturated rings. The second-order valence-electron chi connectivity index (χ2n) is 6.61. The Kier molecular flexibility index (Phi) is 17.7. The second-order valence-corrected chi connectivity index (χ2v) is 6.61. The van der Waals surface area contributed by atoms with Crippen molar-refractivity contribution in [3.8, 4) is 0 Å². The van der Waals surface area contributed by atoms with E-state index in [1.165, 1.54) is 0 Å². The molecular formula is C21H41N2O2Y-. The fraction of sp³-hybridized carbons (Fsp3) is 0.905. The zero-order valence-electron chi connectivity index (χ0n) is 18.1. The molecule has 1 aliphatic carbocycles. The van der Waals surface area contributed by atoms with Gasteiger partial charge in [-0.15, -0.1) is 13.1 Å². The molecule has 26 heavy (non-hydrogen) atoms. The Labute approximate surface area is 187 Å². The van der Waals surface area contributed by atoms with Crippen LogP contribution in [0.15, 0.2) is 0 Å². The van der Waals surface area contributed by atoms with E-state index in [4.69, 9.17) is 0 Å². The van der Waals surface area contributed by atoms with Crippen LogP contribution in [0.1, 0.15) is 80.1 Å². The number of nitrogens with zero attached hydrogens (tertiary/aromatic N) is 2. The molecule has 1 spiro atoms. The minimum absolute atomic E-state index is 0. The van der Waals surface area contributed by atoms with Crippen molar-refractivity contribution >= 4 is 12.2 Å². The molecule has 1 amide bonds. The molecule has 0 aromatic carbocycles. The van der Waals surface area contributed by atoms with Crippen LogP contribution in [-0.4, -0.2) is 43.3 Å². The summed E-state index contributed by atoms with van der Waals surface area (Å²) in [7, 11) is 0. The summed E-state index contributed by atoms with van der Waals surface area (Å²) in [6, 6.07) is 0. The third kappa shape index (κ3) is 8.06. The predicted molar refractivity (Wildman–Crippen MR) is 107 cm³/mol. The van der Waals surface area contributed by atoms with Crippen molar-refractivity contribution in [2.45, 2.75) is 80.1 Å². The molecule has 1 saturated carbocycles. The van der Waals surface area contributed by atoms with E-state index in [0.29, 0.717) is 11.3 Å². The summed E-state index contributed by atoms with van der Waals surface area (Å²) in [4.78, 5) is 25.2. The van der Waals surface area contributed by atoms with Gasteiger partial charge in [0.25, 0.3) is 0 Å². The first kappa shape index (κ1) is 28.4. The van der Waals surface area contributed by atoms with E-state index >= 15 is 0 Å². The Bertz CT molecular complexity index is 355. The Balaban J connectivity index is 0. The van der Waals surface area contributed by atoms with Crippen molar-refractivity contribution in [2.24, 2.45) is 17.3 Å². The summed E-state index contributed by atoms with van der Waals surface area (Å²) < 4.78 is 0. The van der Waals surface area contributed by atoms with Crippen LogP contribution in [0.5, 0.6) is 0 Å². The molecule has 0 N–H and O–H groups in total. The molecule has 0 aromatic rings. The number of carbonyl (C=O) groups is 2. The summed E-state index contributed by atoms with van der Waals surface area (Å²) in [6.45, 7) is 15.9. The summed E-state index contributed by atoms with van der Waals surface area (Å²) in [5, 5.41) is 4.40. The maximum absolute atomic E-state index is 12.4. The van der Waals surface area contributed by atoms with E-state index < -0.39 is 0 Å². The molecule has 5 heteroatoms. The van der Waals surface area contributed by atoms with Gasteiger partial charge in [-0.25, -0.2) is 0 Å². The number of piperidine rings is 1. The molecule has 3 aliphatic rings. The third-order valence-corrected chi connectivity index (χ3v) is 5.28. The fourth-order valence-electron chi connectivity index (χ4n) is 3.87. The molecule has 2 heterocycles. The quantitative estimate of drug-likeness (QED) is 0.561. The van der Waals surface area contributed by atoms with Crippen molar-refractivity contribution < 1.29 is 42.3 Å². The topological polar surface area (TPSA) is 51.5 Å². The summed E-state index contributed by atoms with van der Waals surface area (Å²) in [6.07, 6.45) is 6.99. The van der Waals surface area contributed by atoms with Crippen molar-refractivity contribution in [1.82, 2.24) is 4.90 Å². The number of hydrogen-bond acceptors (Lipinski definition) is 2. The van der Waals surface area contributed by atoms with Gasteiger partial charge in [-0.05, 0) is 25.7 Å². The number of hydrogen-bond donors (Lipinski definition) is 0. The second kappa shape index (κ2) is 16.2. The zero-order chi connectivity index (χ0) is 19.3. The SMILES string of the molecule is CC.CC.CC.O=CC1CCC(C(=O)N2CC3(CC[N-]CC3)C2)CC1.[Y]. The first-order chi connectivity index (χ1) is 12.2. The van der Waals surface area contributed by atoms with Gasteiger partial charge in [-0.3, -0.25) is 4.79 Å². The average Bonchev–Trinajstić information content (AvgIpc) is 2.71. The number of likely N-dealkylation sites (tertiary alicyclic amines) is 1. The molecule has 4 nitrogen and oxygen atoms in total. The van der Waals surface area contributed by atoms with E-state index in [2.05, 4.69) is 10.2 Å². The number of amides is 1. The summed E-state index contributed by atoms with van der Waals surface area (Å²) in [5.74, 6) is 0.728. The van der Waals surface area contributed by atoms with Crippen LogP contribution < -0.4 is 0 Å². The third-order valence-electron chi connectivity index (χ3n) is 5.28. The van der Waals surface area contributed by atoms with Crippen LogP contribution in [0.2, 0.25) is 0 Å². The number of aldehydes is 1. The predicted octanol–water partition coefficient (Wildman–Crippen LogP) is 5.06. The van der Waals surface area contributed by atoms with E-state index in [9.17, 15) is 9.59 Å². The molecule has 0 atom stereocenters. The van der Waals surface area contributed by atoms with Crippen LogP contribution in [0, 0.1) is 17.3 Å². The molecule has 0 aromatic heterocycles. The Morgan fingerprint density at radius 3 is 1.81 bits per heavy atom. The Morgan fingerprint density at radius 2 is 1.38 bits per heavy atom. The van der Waals surface area contributed by atoms with Crippen LogP contribution in [0.3, 0.4) is 0 Å². The van der Waals surface area contributed by atoms with Gasteiger partial charge in [0.2, 0.25) is 5.91 Å². The van der Waals surface area contributed by atoms with Gasteiger partial charge in [0.15, 0.2) is 0 Å². The van der Waals surface area contributed by atoms with E-state index in [1.807, 2.05) is 41.5 Å². The zero-order valence-corrected chi connectivity index (χ0v) is 20.9. The van der Waals surface area contributed by atoms with Gasteiger partial charge in [-0.1, -0.05) is 54.4 Å². The average molecular weight is 442 g/mol. The van der Waals surface area contributed by atoms with Crippen LogP contribution in [0.25, 0.3) is 5.32 Å². The molecule has 151 valence electrons. The smallest absolute Gasteiger partial charge is 0.225 e. The van der Waals surface area contributed by atoms with Gasteiger partial charge in [-0.2, -0.15) is 0 Å². The van der Waals surface area contributed by atoms with Crippen LogP contribution in [-0.2, 0) is 42.3 Å². The Morgan fingerprint density at radius 1 is 0.923 bits per heavy atom. The molecular weight excluding hydrogens is 401 g/mol. The van der Waals surface area contributed by atoms with Crippen molar-refractivity contribution in [2.75, 3.05) is 26.2 Å². The van der Waals surface area contributed by atoms with E-state index in [1.54, 1.807) is 0 Å². The molecule has 1 radical (unpaired) electrons. The largest absolute Gasteiger partial charge is 0.662 e. The number of carbonyl (C=O) groups excluding carboxylic acids is 2. The first-order valence-electron chi connectivity index (χ1n) is 10.6. The molecule has 2 aliphatic heterocycles. The standard InChI is InChI=1S/C15H23N2O2.3C2H6.Y/c18-9-12-1-3-13(4-2-12)14(19)17-10-15(11-17)5-7-16-8-6-15;3*1-2;/h9,12-13H,1-8,10-11H2;3*1-2H3;/q-1;;;;. The monoisotopic (exact) mass is 442 g/mol. The summed E-state index contributed by atoms with van der Waals surface area (Å²) in [5.41, 5.74) is 0.400. The Hall–Kier alpha value is 0.204. The number of rotatable bonds is 2.